The van der Waals surface area contributed by atoms with Gasteiger partial charge in [0.15, 0.2) is 0 Å². The Morgan fingerprint density at radius 2 is 2.15 bits per heavy atom. The molecule has 0 saturated heterocycles. The van der Waals surface area contributed by atoms with Gasteiger partial charge >= 0.3 is 0 Å². The summed E-state index contributed by atoms with van der Waals surface area (Å²) in [5.41, 5.74) is 2.52. The third-order valence-corrected chi connectivity index (χ3v) is 2.48. The molecule has 0 fully saturated rings. The van der Waals surface area contributed by atoms with Crippen molar-refractivity contribution in [3.05, 3.63) is 23.8 Å². The van der Waals surface area contributed by atoms with Crippen LogP contribution in [0.4, 0.5) is 0 Å². The fraction of sp³-hybridized carbons (Fsp3) is 0.636. The summed E-state index contributed by atoms with van der Waals surface area (Å²) in [5.74, 6) is 0.733. The van der Waals surface area contributed by atoms with Gasteiger partial charge in [0, 0.05) is 11.9 Å². The van der Waals surface area contributed by atoms with Crippen LogP contribution < -0.4 is 0 Å². The van der Waals surface area contributed by atoms with Gasteiger partial charge in [-0.25, -0.2) is 9.97 Å². The van der Waals surface area contributed by atoms with Crippen LogP contribution in [0.25, 0.3) is 0 Å². The molecule has 1 rings (SSSR count). The van der Waals surface area contributed by atoms with E-state index < -0.39 is 0 Å². The molecular formula is C11H18N2. The summed E-state index contributed by atoms with van der Waals surface area (Å²) in [7, 11) is 0. The molecule has 0 aliphatic rings. The van der Waals surface area contributed by atoms with Crippen LogP contribution in [0, 0.1) is 5.92 Å². The van der Waals surface area contributed by atoms with Gasteiger partial charge in [-0.05, 0) is 24.3 Å². The summed E-state index contributed by atoms with van der Waals surface area (Å²) >= 11 is 0. The zero-order valence-corrected chi connectivity index (χ0v) is 8.75. The van der Waals surface area contributed by atoms with Crippen molar-refractivity contribution in [1.82, 2.24) is 9.97 Å². The second kappa shape index (κ2) is 4.95. The summed E-state index contributed by atoms with van der Waals surface area (Å²) in [6.45, 7) is 6.63. The minimum Gasteiger partial charge on any atom is -0.245 e. The molecule has 1 atom stereocenters. The van der Waals surface area contributed by atoms with Crippen LogP contribution in [0.1, 0.15) is 38.4 Å². The van der Waals surface area contributed by atoms with Gasteiger partial charge in [-0.2, -0.15) is 0 Å². The average molecular weight is 178 g/mol. The molecule has 0 unspecified atom stereocenters. The zero-order valence-electron chi connectivity index (χ0n) is 8.75. The standard InChI is InChI=1S/C11H18N2/c1-4-9(3)6-10-7-12-8-13-11(10)5-2/h7-9H,4-6H2,1-3H3/t9-/m1/s1. The van der Waals surface area contributed by atoms with E-state index in [2.05, 4.69) is 30.7 Å². The summed E-state index contributed by atoms with van der Waals surface area (Å²) in [6, 6.07) is 0. The first kappa shape index (κ1) is 10.2. The molecule has 2 nitrogen and oxygen atoms in total. The number of hydrogen-bond donors (Lipinski definition) is 0. The lowest BCUT2D eigenvalue weighted by Gasteiger charge is -2.10. The Morgan fingerprint density at radius 1 is 1.38 bits per heavy atom. The number of rotatable bonds is 4. The van der Waals surface area contributed by atoms with Crippen LogP contribution >= 0.6 is 0 Å². The van der Waals surface area contributed by atoms with Gasteiger partial charge in [0.1, 0.15) is 6.33 Å². The van der Waals surface area contributed by atoms with Crippen LogP contribution in [0.2, 0.25) is 0 Å². The van der Waals surface area contributed by atoms with E-state index in [4.69, 9.17) is 0 Å². The molecular weight excluding hydrogens is 160 g/mol. The lowest BCUT2D eigenvalue weighted by molar-refractivity contribution is 0.555. The highest BCUT2D eigenvalue weighted by Crippen LogP contribution is 2.13. The summed E-state index contributed by atoms with van der Waals surface area (Å²) < 4.78 is 0. The topological polar surface area (TPSA) is 25.8 Å². The molecule has 0 bridgehead atoms. The van der Waals surface area contributed by atoms with Crippen molar-refractivity contribution in [1.29, 1.82) is 0 Å². The molecule has 1 aromatic rings. The van der Waals surface area contributed by atoms with E-state index in [0.717, 1.165) is 18.8 Å². The highest BCUT2D eigenvalue weighted by atomic mass is 14.8. The maximum atomic E-state index is 4.27. The Hall–Kier alpha value is -0.920. The first-order valence-electron chi connectivity index (χ1n) is 5.05. The van der Waals surface area contributed by atoms with Crippen molar-refractivity contribution < 1.29 is 0 Å². The highest BCUT2D eigenvalue weighted by molar-refractivity contribution is 5.16. The van der Waals surface area contributed by atoms with Gasteiger partial charge in [-0.3, -0.25) is 0 Å². The Balaban J connectivity index is 2.74. The van der Waals surface area contributed by atoms with E-state index >= 15 is 0 Å². The van der Waals surface area contributed by atoms with Crippen molar-refractivity contribution in [3.8, 4) is 0 Å². The van der Waals surface area contributed by atoms with Crippen LogP contribution in [-0.4, -0.2) is 9.97 Å². The molecule has 1 aromatic heterocycles. The Labute approximate surface area is 80.4 Å². The minimum atomic E-state index is 0.733. The molecule has 0 aliphatic carbocycles. The predicted octanol–water partition coefficient (Wildman–Crippen LogP) is 2.63. The summed E-state index contributed by atoms with van der Waals surface area (Å²) in [4.78, 5) is 8.34. The maximum Gasteiger partial charge on any atom is 0.115 e. The lowest BCUT2D eigenvalue weighted by atomic mass is 9.98. The van der Waals surface area contributed by atoms with Gasteiger partial charge < -0.3 is 0 Å². The minimum absolute atomic E-state index is 0.733. The smallest absolute Gasteiger partial charge is 0.115 e. The zero-order chi connectivity index (χ0) is 9.68. The molecule has 0 aliphatic heterocycles. The van der Waals surface area contributed by atoms with E-state index in [9.17, 15) is 0 Å². The Kier molecular flexibility index (Phi) is 3.87. The molecule has 13 heavy (non-hydrogen) atoms. The normalized spacial score (nSPS) is 12.8. The maximum absolute atomic E-state index is 4.27. The monoisotopic (exact) mass is 178 g/mol. The third-order valence-electron chi connectivity index (χ3n) is 2.48. The average Bonchev–Trinajstić information content (AvgIpc) is 2.18. The van der Waals surface area contributed by atoms with E-state index in [1.165, 1.54) is 17.7 Å². The van der Waals surface area contributed by atoms with Crippen molar-refractivity contribution in [2.75, 3.05) is 0 Å². The molecule has 0 amide bonds. The number of aromatic nitrogens is 2. The van der Waals surface area contributed by atoms with Gasteiger partial charge in [0.2, 0.25) is 0 Å². The summed E-state index contributed by atoms with van der Waals surface area (Å²) in [5, 5.41) is 0. The van der Waals surface area contributed by atoms with Gasteiger partial charge in [0.05, 0.1) is 0 Å². The van der Waals surface area contributed by atoms with Crippen LogP contribution in [-0.2, 0) is 12.8 Å². The molecule has 0 aromatic carbocycles. The first-order valence-corrected chi connectivity index (χ1v) is 5.05. The Morgan fingerprint density at radius 3 is 2.77 bits per heavy atom. The van der Waals surface area contributed by atoms with E-state index in [-0.39, 0.29) is 0 Å². The molecule has 2 heteroatoms. The molecule has 0 radical (unpaired) electrons. The molecule has 72 valence electrons. The molecule has 0 saturated carbocycles. The van der Waals surface area contributed by atoms with Crippen molar-refractivity contribution in [2.24, 2.45) is 5.92 Å². The highest BCUT2D eigenvalue weighted by Gasteiger charge is 2.05. The molecule has 0 spiro atoms. The van der Waals surface area contributed by atoms with Crippen LogP contribution in [0.3, 0.4) is 0 Å². The number of aryl methyl sites for hydroxylation is 1. The van der Waals surface area contributed by atoms with Crippen molar-refractivity contribution >= 4 is 0 Å². The van der Waals surface area contributed by atoms with Gasteiger partial charge in [-0.15, -0.1) is 0 Å². The SMILES string of the molecule is CCc1ncncc1C[C@H](C)CC. The van der Waals surface area contributed by atoms with Crippen LogP contribution in [0.5, 0.6) is 0 Å². The second-order valence-corrected chi connectivity index (χ2v) is 3.57. The number of nitrogens with zero attached hydrogens (tertiary/aromatic N) is 2. The van der Waals surface area contributed by atoms with Crippen molar-refractivity contribution in [3.63, 3.8) is 0 Å². The van der Waals surface area contributed by atoms with E-state index in [0.29, 0.717) is 0 Å². The number of hydrogen-bond acceptors (Lipinski definition) is 2. The lowest BCUT2D eigenvalue weighted by Crippen LogP contribution is -2.03. The second-order valence-electron chi connectivity index (χ2n) is 3.57. The van der Waals surface area contributed by atoms with Crippen LogP contribution in [0.15, 0.2) is 12.5 Å². The third kappa shape index (κ3) is 2.79. The predicted molar refractivity (Wildman–Crippen MR) is 54.6 cm³/mol. The molecule has 0 N–H and O–H groups in total. The largest absolute Gasteiger partial charge is 0.245 e. The Bertz CT molecular complexity index is 258. The first-order chi connectivity index (χ1) is 6.27. The summed E-state index contributed by atoms with van der Waals surface area (Å²) in [6.07, 6.45) is 6.93. The molecule has 1 heterocycles. The van der Waals surface area contributed by atoms with E-state index in [1.54, 1.807) is 6.33 Å². The fourth-order valence-corrected chi connectivity index (χ4v) is 1.39. The van der Waals surface area contributed by atoms with E-state index in [1.807, 2.05) is 6.20 Å². The van der Waals surface area contributed by atoms with Gasteiger partial charge in [0.25, 0.3) is 0 Å². The van der Waals surface area contributed by atoms with Gasteiger partial charge in [-0.1, -0.05) is 27.2 Å². The quantitative estimate of drug-likeness (QED) is 0.708. The van der Waals surface area contributed by atoms with Crippen molar-refractivity contribution in [2.45, 2.75) is 40.0 Å². The fourth-order valence-electron chi connectivity index (χ4n) is 1.39.